The number of rotatable bonds is 7. The number of hydrogen-bond acceptors (Lipinski definition) is 1. The summed E-state index contributed by atoms with van der Waals surface area (Å²) in [6, 6.07) is 72.2. The van der Waals surface area contributed by atoms with Gasteiger partial charge in [0.25, 0.3) is 0 Å². The average Bonchev–Trinajstić information content (AvgIpc) is 3.73. The molecule has 0 bridgehead atoms. The quantitative estimate of drug-likeness (QED) is 0.157. The van der Waals surface area contributed by atoms with Crippen LogP contribution in [-0.4, -0.2) is 0 Å². The summed E-state index contributed by atoms with van der Waals surface area (Å²) in [6.07, 6.45) is 9.32. The van der Waals surface area contributed by atoms with Crippen LogP contribution in [0.3, 0.4) is 0 Å². The lowest BCUT2D eigenvalue weighted by Gasteiger charge is -2.36. The van der Waals surface area contributed by atoms with Crippen molar-refractivity contribution in [3.63, 3.8) is 0 Å². The van der Waals surface area contributed by atoms with E-state index in [4.69, 9.17) is 0 Å². The van der Waals surface area contributed by atoms with Crippen LogP contribution >= 0.6 is 0 Å². The molecule has 8 aromatic rings. The fourth-order valence-corrected chi connectivity index (χ4v) is 10.4. The second kappa shape index (κ2) is 13.9. The molecule has 0 N–H and O–H groups in total. The maximum atomic E-state index is 2.47. The molecule has 0 fully saturated rings. The van der Waals surface area contributed by atoms with Crippen molar-refractivity contribution < 1.29 is 0 Å². The molecular formula is C58H45N. The number of benzene rings is 8. The minimum atomic E-state index is -0.400. The number of hydrogen-bond donors (Lipinski definition) is 0. The first kappa shape index (κ1) is 35.2. The lowest BCUT2D eigenvalue weighted by atomic mass is 9.66. The van der Waals surface area contributed by atoms with Crippen molar-refractivity contribution in [3.8, 4) is 44.5 Å². The Morgan fingerprint density at radius 1 is 0.407 bits per heavy atom. The van der Waals surface area contributed by atoms with Crippen molar-refractivity contribution in [1.29, 1.82) is 0 Å². The topological polar surface area (TPSA) is 3.24 Å². The summed E-state index contributed by atoms with van der Waals surface area (Å²) < 4.78 is 0. The van der Waals surface area contributed by atoms with Gasteiger partial charge in [-0.1, -0.05) is 190 Å². The lowest BCUT2D eigenvalue weighted by molar-refractivity contribution is 0.660. The smallest absolute Gasteiger partial charge is 0.0710 e. The molecule has 3 aliphatic carbocycles. The summed E-state index contributed by atoms with van der Waals surface area (Å²) in [5.41, 5.74) is 21.2. The fourth-order valence-electron chi connectivity index (χ4n) is 10.4. The van der Waals surface area contributed by atoms with Crippen molar-refractivity contribution in [1.82, 2.24) is 0 Å². The van der Waals surface area contributed by atoms with Gasteiger partial charge in [-0.2, -0.15) is 0 Å². The van der Waals surface area contributed by atoms with Crippen LogP contribution in [0.15, 0.2) is 218 Å². The van der Waals surface area contributed by atoms with Gasteiger partial charge in [0.15, 0.2) is 0 Å². The second-order valence-electron chi connectivity index (χ2n) is 16.7. The Labute approximate surface area is 348 Å². The zero-order valence-electron chi connectivity index (χ0n) is 33.6. The number of nitrogens with zero attached hydrogens (tertiary/aromatic N) is 1. The molecule has 8 aromatic carbocycles. The Balaban J connectivity index is 1.08. The molecule has 3 aliphatic rings. The summed E-state index contributed by atoms with van der Waals surface area (Å²) >= 11 is 0. The summed E-state index contributed by atoms with van der Waals surface area (Å²) in [7, 11) is 0. The molecular weight excluding hydrogens is 711 g/mol. The van der Waals surface area contributed by atoms with Crippen LogP contribution in [0.5, 0.6) is 0 Å². The summed E-state index contributed by atoms with van der Waals surface area (Å²) in [4.78, 5) is 2.46. The molecule has 1 unspecified atom stereocenters. The molecule has 0 saturated carbocycles. The minimum Gasteiger partial charge on any atom is -0.310 e. The standard InChI is InChI=1S/C58H45N/c1-57(2)52-27-15-12-25-48(52)50-36-32-42(38-55(50)57)40-30-33-45(34-31-40)59(56-29-17-14-24-47(56)41-18-6-3-7-19-41)46-35-37-54-51(39-46)49-26-13-16-28-53(49)58(54,43-20-8-4-9-21-43)44-22-10-5-11-23-44/h3-4,6-10,12-39H,5,11H2,1-2H3. The Kier molecular flexibility index (Phi) is 8.27. The van der Waals surface area contributed by atoms with Crippen LogP contribution in [0, 0.1) is 0 Å². The third-order valence-electron chi connectivity index (χ3n) is 13.2. The van der Waals surface area contributed by atoms with Gasteiger partial charge < -0.3 is 4.90 Å². The van der Waals surface area contributed by atoms with Crippen LogP contribution in [0.2, 0.25) is 0 Å². The van der Waals surface area contributed by atoms with Crippen LogP contribution in [0.25, 0.3) is 44.5 Å². The van der Waals surface area contributed by atoms with E-state index in [2.05, 4.69) is 231 Å². The molecule has 0 aromatic heterocycles. The minimum absolute atomic E-state index is 0.0477. The monoisotopic (exact) mass is 755 g/mol. The van der Waals surface area contributed by atoms with Crippen molar-refractivity contribution in [3.05, 3.63) is 246 Å². The highest BCUT2D eigenvalue weighted by Gasteiger charge is 2.47. The van der Waals surface area contributed by atoms with E-state index < -0.39 is 5.41 Å². The SMILES string of the molecule is CC1(C)c2ccccc2-c2ccc(-c3ccc(N(c4ccc5c(c4)-c4ccccc4C5(C4=CCCC=C4)c4ccccc4)c4ccccc4-c4ccccc4)cc3)cc21. The predicted molar refractivity (Wildman–Crippen MR) is 248 cm³/mol. The Morgan fingerprint density at radius 3 is 1.75 bits per heavy atom. The Hall–Kier alpha value is -6.96. The maximum absolute atomic E-state index is 2.47. The van der Waals surface area contributed by atoms with E-state index in [-0.39, 0.29) is 5.41 Å². The molecule has 0 radical (unpaired) electrons. The third-order valence-corrected chi connectivity index (χ3v) is 13.2. The van der Waals surface area contributed by atoms with Gasteiger partial charge in [-0.05, 0) is 122 Å². The summed E-state index contributed by atoms with van der Waals surface area (Å²) in [6.45, 7) is 4.71. The largest absolute Gasteiger partial charge is 0.310 e. The molecule has 1 heteroatoms. The van der Waals surface area contributed by atoms with Crippen LogP contribution < -0.4 is 4.90 Å². The van der Waals surface area contributed by atoms with E-state index in [9.17, 15) is 0 Å². The molecule has 0 heterocycles. The van der Waals surface area contributed by atoms with Crippen LogP contribution in [-0.2, 0) is 10.8 Å². The maximum Gasteiger partial charge on any atom is 0.0710 e. The molecule has 1 atom stereocenters. The van der Waals surface area contributed by atoms with Crippen LogP contribution in [0.1, 0.15) is 54.5 Å². The Morgan fingerprint density at radius 2 is 1.00 bits per heavy atom. The number of anilines is 3. The zero-order chi connectivity index (χ0) is 39.6. The van der Waals surface area contributed by atoms with Gasteiger partial charge in [0, 0.05) is 22.4 Å². The number of para-hydroxylation sites is 1. The van der Waals surface area contributed by atoms with E-state index in [0.717, 1.165) is 29.9 Å². The van der Waals surface area contributed by atoms with E-state index in [1.165, 1.54) is 77.9 Å². The third kappa shape index (κ3) is 5.45. The first-order valence-corrected chi connectivity index (χ1v) is 21.0. The van der Waals surface area contributed by atoms with Gasteiger partial charge in [0.05, 0.1) is 11.1 Å². The highest BCUT2D eigenvalue weighted by molar-refractivity contribution is 5.93. The first-order chi connectivity index (χ1) is 29.0. The lowest BCUT2D eigenvalue weighted by Crippen LogP contribution is -2.29. The van der Waals surface area contributed by atoms with Crippen molar-refractivity contribution in [2.45, 2.75) is 37.5 Å². The molecule has 0 amide bonds. The highest BCUT2D eigenvalue weighted by Crippen LogP contribution is 2.58. The average molecular weight is 756 g/mol. The van der Waals surface area contributed by atoms with Gasteiger partial charge >= 0.3 is 0 Å². The zero-order valence-corrected chi connectivity index (χ0v) is 33.6. The highest BCUT2D eigenvalue weighted by atomic mass is 15.1. The summed E-state index contributed by atoms with van der Waals surface area (Å²) in [5, 5.41) is 0. The van der Waals surface area contributed by atoms with Gasteiger partial charge in [-0.25, -0.2) is 0 Å². The predicted octanol–water partition coefficient (Wildman–Crippen LogP) is 15.4. The van der Waals surface area contributed by atoms with Gasteiger partial charge in [0.1, 0.15) is 0 Å². The van der Waals surface area contributed by atoms with Crippen molar-refractivity contribution in [2.75, 3.05) is 4.90 Å². The number of allylic oxidation sites excluding steroid dienone is 4. The number of fused-ring (bicyclic) bond motifs is 6. The van der Waals surface area contributed by atoms with Crippen molar-refractivity contribution in [2.24, 2.45) is 0 Å². The molecule has 59 heavy (non-hydrogen) atoms. The van der Waals surface area contributed by atoms with E-state index in [0.29, 0.717) is 0 Å². The molecule has 0 aliphatic heterocycles. The second-order valence-corrected chi connectivity index (χ2v) is 16.7. The van der Waals surface area contributed by atoms with E-state index in [1.807, 2.05) is 0 Å². The van der Waals surface area contributed by atoms with Crippen LogP contribution in [0.4, 0.5) is 17.1 Å². The molecule has 282 valence electrons. The molecule has 0 spiro atoms. The molecule has 11 rings (SSSR count). The van der Waals surface area contributed by atoms with Gasteiger partial charge in [0.2, 0.25) is 0 Å². The van der Waals surface area contributed by atoms with Crippen molar-refractivity contribution >= 4 is 17.1 Å². The van der Waals surface area contributed by atoms with E-state index >= 15 is 0 Å². The molecule has 1 nitrogen and oxygen atoms in total. The molecule has 0 saturated heterocycles. The fraction of sp³-hybridized carbons (Fsp3) is 0.103. The first-order valence-electron chi connectivity index (χ1n) is 21.0. The summed E-state index contributed by atoms with van der Waals surface area (Å²) in [5.74, 6) is 0. The Bertz CT molecular complexity index is 2950. The normalized spacial score (nSPS) is 16.7. The van der Waals surface area contributed by atoms with E-state index in [1.54, 1.807) is 0 Å². The van der Waals surface area contributed by atoms with Gasteiger partial charge in [-0.15, -0.1) is 0 Å². The van der Waals surface area contributed by atoms with Gasteiger partial charge in [-0.3, -0.25) is 0 Å².